The number of esters is 4. The van der Waals surface area contributed by atoms with Crippen LogP contribution in [0.5, 0.6) is 0 Å². The number of rotatable bonds is 6. The van der Waals surface area contributed by atoms with Crippen LogP contribution in [0.3, 0.4) is 0 Å². The summed E-state index contributed by atoms with van der Waals surface area (Å²) >= 11 is 0. The monoisotopic (exact) mass is 416 g/mol. The molecule has 0 amide bonds. The van der Waals surface area contributed by atoms with Crippen molar-refractivity contribution in [3.63, 3.8) is 0 Å². The first-order valence-electron chi connectivity index (χ1n) is 8.90. The van der Waals surface area contributed by atoms with Crippen LogP contribution in [0.1, 0.15) is 41.5 Å². The first kappa shape index (κ1) is 22.8. The molecule has 29 heavy (non-hydrogen) atoms. The van der Waals surface area contributed by atoms with Gasteiger partial charge in [-0.25, -0.2) is 0 Å². The quantitative estimate of drug-likeness (QED) is 0.420. The molecule has 0 radical (unpaired) electrons. The zero-order chi connectivity index (χ0) is 22.1. The van der Waals surface area contributed by atoms with Crippen molar-refractivity contribution >= 4 is 29.7 Å². The molecule has 2 aliphatic heterocycles. The highest BCUT2D eigenvalue weighted by Crippen LogP contribution is 2.45. The molecule has 2 bridgehead atoms. The second-order valence-corrected chi connectivity index (χ2v) is 7.00. The molecule has 0 aromatic carbocycles. The summed E-state index contributed by atoms with van der Waals surface area (Å²) in [6, 6.07) is 0. The number of carbonyl (C=O) groups excluding carboxylic acids is 5. The third-order valence-corrected chi connectivity index (χ3v) is 4.42. The van der Waals surface area contributed by atoms with Gasteiger partial charge in [0.25, 0.3) is 0 Å². The summed E-state index contributed by atoms with van der Waals surface area (Å²) < 4.78 is 32.6. The van der Waals surface area contributed by atoms with Gasteiger partial charge >= 0.3 is 23.9 Å². The van der Waals surface area contributed by atoms with Crippen LogP contribution in [-0.2, 0) is 52.4 Å². The van der Waals surface area contributed by atoms with Gasteiger partial charge in [-0.15, -0.1) is 0 Å². The lowest BCUT2D eigenvalue weighted by Gasteiger charge is -2.42. The van der Waals surface area contributed by atoms with E-state index in [1.165, 1.54) is 13.8 Å². The van der Waals surface area contributed by atoms with Crippen LogP contribution in [0.4, 0.5) is 0 Å². The molecule has 0 saturated carbocycles. The minimum absolute atomic E-state index is 0.569. The van der Waals surface area contributed by atoms with E-state index in [1.807, 2.05) is 0 Å². The van der Waals surface area contributed by atoms with E-state index in [0.717, 1.165) is 27.7 Å². The van der Waals surface area contributed by atoms with E-state index in [1.54, 1.807) is 0 Å². The molecule has 11 heteroatoms. The highest BCUT2D eigenvalue weighted by Gasteiger charge is 2.67. The van der Waals surface area contributed by atoms with Gasteiger partial charge in [-0.1, -0.05) is 0 Å². The number of hydrogen-bond acceptors (Lipinski definition) is 11. The molecular weight excluding hydrogens is 392 g/mol. The zero-order valence-corrected chi connectivity index (χ0v) is 17.0. The van der Waals surface area contributed by atoms with E-state index in [9.17, 15) is 24.0 Å². The fraction of sp³-hybridized carbons (Fsp3) is 0.722. The molecule has 2 unspecified atom stereocenters. The summed E-state index contributed by atoms with van der Waals surface area (Å²) in [6.07, 6.45) is -7.58. The van der Waals surface area contributed by atoms with Crippen molar-refractivity contribution in [2.45, 2.75) is 84.0 Å². The second-order valence-electron chi connectivity index (χ2n) is 7.00. The molecule has 162 valence electrons. The van der Waals surface area contributed by atoms with Crippen LogP contribution in [-0.4, -0.2) is 72.1 Å². The molecule has 0 aromatic heterocycles. The average molecular weight is 416 g/mol. The Hall–Kier alpha value is -2.53. The summed E-state index contributed by atoms with van der Waals surface area (Å²) in [5, 5.41) is 0. The van der Waals surface area contributed by atoms with Gasteiger partial charge in [-0.2, -0.15) is 0 Å². The van der Waals surface area contributed by atoms with Gasteiger partial charge in [-0.05, 0) is 13.8 Å². The van der Waals surface area contributed by atoms with E-state index >= 15 is 0 Å². The number of carbonyl (C=O) groups is 5. The topological polar surface area (TPSA) is 141 Å². The zero-order valence-electron chi connectivity index (χ0n) is 17.0. The minimum Gasteiger partial charge on any atom is -0.457 e. The predicted octanol–water partition coefficient (Wildman–Crippen LogP) is -0.184. The average Bonchev–Trinajstić information content (AvgIpc) is 2.76. The Morgan fingerprint density at radius 3 is 1.72 bits per heavy atom. The molecule has 11 nitrogen and oxygen atoms in total. The van der Waals surface area contributed by atoms with Crippen LogP contribution in [0, 0.1) is 0 Å². The summed E-state index contributed by atoms with van der Waals surface area (Å²) in [7, 11) is 0. The number of fused-ring (bicyclic) bond motifs is 2. The Balaban J connectivity index is 2.53. The molecule has 0 aliphatic carbocycles. The van der Waals surface area contributed by atoms with Crippen LogP contribution in [0.2, 0.25) is 0 Å². The Bertz CT molecular complexity index is 717. The second kappa shape index (κ2) is 8.46. The number of ether oxygens (including phenoxy) is 6. The maximum Gasteiger partial charge on any atom is 0.303 e. The maximum absolute atomic E-state index is 12.2. The SMILES string of the molecule is CC(=O)O[C@@H]1[C@@H](OC(C)=O)C2OC1(C)O[C@H]([C@@H](OC(C)=O)C(C)=O)[C@H]2OC(C)=O. The van der Waals surface area contributed by atoms with Crippen LogP contribution >= 0.6 is 0 Å². The first-order chi connectivity index (χ1) is 13.4. The van der Waals surface area contributed by atoms with E-state index < -0.39 is 72.1 Å². The van der Waals surface area contributed by atoms with Crippen molar-refractivity contribution in [2.75, 3.05) is 0 Å². The fourth-order valence-electron chi connectivity index (χ4n) is 3.54. The van der Waals surface area contributed by atoms with Gasteiger partial charge < -0.3 is 28.4 Å². The molecule has 2 aliphatic rings. The first-order valence-corrected chi connectivity index (χ1v) is 8.90. The summed E-state index contributed by atoms with van der Waals surface area (Å²) in [4.78, 5) is 58.6. The fourth-order valence-corrected chi connectivity index (χ4v) is 3.54. The molecule has 0 aromatic rings. The molecule has 0 spiro atoms. The number of hydrogen-bond donors (Lipinski definition) is 0. The minimum atomic E-state index is -1.66. The summed E-state index contributed by atoms with van der Waals surface area (Å²) in [5.41, 5.74) is 0. The smallest absolute Gasteiger partial charge is 0.303 e. The third kappa shape index (κ3) is 4.91. The lowest BCUT2D eigenvalue weighted by atomic mass is 9.96. The Labute approximate surface area is 166 Å². The van der Waals surface area contributed by atoms with Gasteiger partial charge in [0.15, 0.2) is 30.2 Å². The van der Waals surface area contributed by atoms with Gasteiger partial charge in [-0.3, -0.25) is 24.0 Å². The van der Waals surface area contributed by atoms with E-state index in [2.05, 4.69) is 0 Å². The van der Waals surface area contributed by atoms with Crippen LogP contribution in [0.15, 0.2) is 0 Å². The Kier molecular flexibility index (Phi) is 6.63. The van der Waals surface area contributed by atoms with Crippen LogP contribution < -0.4 is 0 Å². The maximum atomic E-state index is 12.2. The van der Waals surface area contributed by atoms with Crippen molar-refractivity contribution in [3.05, 3.63) is 0 Å². The van der Waals surface area contributed by atoms with Gasteiger partial charge in [0.1, 0.15) is 12.2 Å². The standard InChI is InChI=1S/C18H24O11/c1-7(19)12(24-8(2)20)14-13(25-9(3)21)15-16(26-10(4)22)17(27-11(5)23)18(6,28-14)29-15/h12-17H,1-6H3/t12-,13+,14+,15?,16-,17+,18?/m0/s1. The lowest BCUT2D eigenvalue weighted by molar-refractivity contribution is -0.337. The van der Waals surface area contributed by atoms with Crippen molar-refractivity contribution in [2.24, 2.45) is 0 Å². The van der Waals surface area contributed by atoms with E-state index in [-0.39, 0.29) is 0 Å². The molecule has 0 N–H and O–H groups in total. The third-order valence-electron chi connectivity index (χ3n) is 4.42. The summed E-state index contributed by atoms with van der Waals surface area (Å²) in [5.74, 6) is -5.12. The van der Waals surface area contributed by atoms with Gasteiger partial charge in [0, 0.05) is 27.7 Å². The van der Waals surface area contributed by atoms with Crippen molar-refractivity contribution in [1.82, 2.24) is 0 Å². The molecule has 7 atom stereocenters. The highest BCUT2D eigenvalue weighted by molar-refractivity contribution is 5.84. The number of Topliss-reactive ketones (excluding diaryl/α,β-unsaturated/α-hetero) is 1. The van der Waals surface area contributed by atoms with Crippen LogP contribution in [0.25, 0.3) is 0 Å². The van der Waals surface area contributed by atoms with Crippen molar-refractivity contribution in [1.29, 1.82) is 0 Å². The van der Waals surface area contributed by atoms with E-state index in [0.29, 0.717) is 0 Å². The Morgan fingerprint density at radius 2 is 1.28 bits per heavy atom. The normalized spacial score (nSPS) is 33.9. The Morgan fingerprint density at radius 1 is 0.759 bits per heavy atom. The molecule has 2 saturated heterocycles. The molecule has 2 heterocycles. The highest BCUT2D eigenvalue weighted by atomic mass is 16.8. The number of ketones is 1. The molecule has 2 rings (SSSR count). The molecular formula is C18H24O11. The van der Waals surface area contributed by atoms with Crippen molar-refractivity contribution < 1.29 is 52.4 Å². The largest absolute Gasteiger partial charge is 0.457 e. The summed E-state index contributed by atoms with van der Waals surface area (Å²) in [6.45, 7) is 7.11. The van der Waals surface area contributed by atoms with Gasteiger partial charge in [0.05, 0.1) is 0 Å². The predicted molar refractivity (Wildman–Crippen MR) is 91.0 cm³/mol. The van der Waals surface area contributed by atoms with Crippen molar-refractivity contribution in [3.8, 4) is 0 Å². The van der Waals surface area contributed by atoms with E-state index in [4.69, 9.17) is 28.4 Å². The molecule has 2 fully saturated rings. The lowest BCUT2D eigenvalue weighted by Crippen LogP contribution is -2.60. The van der Waals surface area contributed by atoms with Gasteiger partial charge in [0.2, 0.25) is 5.79 Å².